The highest BCUT2D eigenvalue weighted by atomic mass is 35.5. The van der Waals surface area contributed by atoms with E-state index in [9.17, 15) is 23.6 Å². The molecule has 10 heteroatoms. The predicted octanol–water partition coefficient (Wildman–Crippen LogP) is 1.97. The van der Waals surface area contributed by atoms with Gasteiger partial charge in [0.2, 0.25) is 23.6 Å². The number of carbonyl (C=O) groups excluding carboxylic acids is 4. The van der Waals surface area contributed by atoms with Crippen LogP contribution in [0.15, 0.2) is 36.4 Å². The first kappa shape index (κ1) is 22.5. The van der Waals surface area contributed by atoms with Gasteiger partial charge in [-0.05, 0) is 48.7 Å². The molecule has 5 rings (SSSR count). The number of primary amides is 1. The van der Waals surface area contributed by atoms with Crippen LogP contribution < -0.4 is 16.4 Å². The zero-order valence-electron chi connectivity index (χ0n) is 18.2. The molecule has 176 valence electrons. The number of amides is 4. The molecular formula is C24H22ClFN4O4. The summed E-state index contributed by atoms with van der Waals surface area (Å²) in [5, 5.41) is 6.49. The van der Waals surface area contributed by atoms with Crippen LogP contribution in [0, 0.1) is 24.6 Å². The van der Waals surface area contributed by atoms with Gasteiger partial charge in [0.25, 0.3) is 0 Å². The molecule has 34 heavy (non-hydrogen) atoms. The lowest BCUT2D eigenvalue weighted by molar-refractivity contribution is -0.143. The van der Waals surface area contributed by atoms with Gasteiger partial charge in [0.05, 0.1) is 18.4 Å². The smallest absolute Gasteiger partial charge is 0.250 e. The van der Waals surface area contributed by atoms with E-state index in [-0.39, 0.29) is 19.4 Å². The Morgan fingerprint density at radius 3 is 2.56 bits per heavy atom. The quantitative estimate of drug-likeness (QED) is 0.560. The molecule has 4 atom stereocenters. The summed E-state index contributed by atoms with van der Waals surface area (Å²) in [6, 6.07) is 8.22. The van der Waals surface area contributed by atoms with Crippen molar-refractivity contribution in [1.29, 1.82) is 0 Å². The summed E-state index contributed by atoms with van der Waals surface area (Å²) < 4.78 is 13.3. The van der Waals surface area contributed by atoms with Crippen molar-refractivity contribution in [3.8, 4) is 0 Å². The number of rotatable bonds is 5. The number of halogens is 2. The Hall–Kier alpha value is -3.30. The van der Waals surface area contributed by atoms with Crippen LogP contribution in [0.4, 0.5) is 10.1 Å². The maximum atomic E-state index is 13.7. The summed E-state index contributed by atoms with van der Waals surface area (Å²) in [6.45, 7) is 1.75. The standard InChI is InChI=1S/C24H22ClFN4O4/c1-11-8-13(25)9-15-20(11)28-23(34)24(15)19-18(16(29-24)6-7-17(27)31)21(32)30(22(19)33)10-12-2-4-14(26)5-3-12/h2-5,8-9,16,18-19,29H,6-7,10H2,1H3,(H2,27,31)(H,28,34)/t16-,18-,19+,24+/m1/s1. The zero-order valence-corrected chi connectivity index (χ0v) is 19.0. The summed E-state index contributed by atoms with van der Waals surface area (Å²) in [4.78, 5) is 53.3. The molecule has 0 bridgehead atoms. The van der Waals surface area contributed by atoms with Crippen molar-refractivity contribution < 1.29 is 23.6 Å². The second-order valence-corrected chi connectivity index (χ2v) is 9.49. The fourth-order valence-corrected chi connectivity index (χ4v) is 5.84. The van der Waals surface area contributed by atoms with E-state index in [2.05, 4.69) is 10.6 Å². The molecule has 3 aliphatic heterocycles. The van der Waals surface area contributed by atoms with Crippen molar-refractivity contribution in [3.05, 3.63) is 63.9 Å². The molecule has 1 spiro atoms. The predicted molar refractivity (Wildman–Crippen MR) is 121 cm³/mol. The Morgan fingerprint density at radius 1 is 1.18 bits per heavy atom. The third-order valence-electron chi connectivity index (χ3n) is 7.03. The third kappa shape index (κ3) is 3.22. The Morgan fingerprint density at radius 2 is 1.88 bits per heavy atom. The van der Waals surface area contributed by atoms with Gasteiger partial charge < -0.3 is 11.1 Å². The van der Waals surface area contributed by atoms with Gasteiger partial charge in [0.1, 0.15) is 11.4 Å². The van der Waals surface area contributed by atoms with Gasteiger partial charge in [-0.25, -0.2) is 4.39 Å². The van der Waals surface area contributed by atoms with Gasteiger partial charge in [0, 0.05) is 28.7 Å². The Bertz CT molecular complexity index is 1250. The monoisotopic (exact) mass is 484 g/mol. The minimum atomic E-state index is -1.51. The van der Waals surface area contributed by atoms with Crippen LogP contribution in [0.2, 0.25) is 5.02 Å². The van der Waals surface area contributed by atoms with Gasteiger partial charge in [-0.1, -0.05) is 23.7 Å². The summed E-state index contributed by atoms with van der Waals surface area (Å²) in [5.41, 5.74) is 6.19. The van der Waals surface area contributed by atoms with Crippen LogP contribution in [0.3, 0.4) is 0 Å². The lowest BCUT2D eigenvalue weighted by Crippen LogP contribution is -2.53. The van der Waals surface area contributed by atoms with Crippen molar-refractivity contribution in [2.24, 2.45) is 17.6 Å². The number of likely N-dealkylation sites (tertiary alicyclic amines) is 1. The highest BCUT2D eigenvalue weighted by molar-refractivity contribution is 6.31. The molecule has 0 aromatic heterocycles. The van der Waals surface area contributed by atoms with Crippen molar-refractivity contribution in [3.63, 3.8) is 0 Å². The Labute approximate surface area is 199 Å². The molecule has 2 aromatic rings. The summed E-state index contributed by atoms with van der Waals surface area (Å²) in [7, 11) is 0. The average molecular weight is 485 g/mol. The van der Waals surface area contributed by atoms with E-state index in [0.717, 1.165) is 10.5 Å². The number of benzene rings is 2. The minimum Gasteiger partial charge on any atom is -0.370 e. The van der Waals surface area contributed by atoms with Crippen molar-refractivity contribution in [1.82, 2.24) is 10.2 Å². The maximum absolute atomic E-state index is 13.7. The van der Waals surface area contributed by atoms with Crippen LogP contribution in [0.5, 0.6) is 0 Å². The van der Waals surface area contributed by atoms with E-state index in [1.807, 2.05) is 0 Å². The molecule has 2 saturated heterocycles. The number of fused-ring (bicyclic) bond motifs is 4. The number of nitrogens with two attached hydrogens (primary N) is 1. The fraction of sp³-hybridized carbons (Fsp3) is 0.333. The highest BCUT2D eigenvalue weighted by Crippen LogP contribution is 2.54. The number of carbonyl (C=O) groups is 4. The van der Waals surface area contributed by atoms with E-state index in [4.69, 9.17) is 17.3 Å². The molecule has 2 fully saturated rings. The molecular weight excluding hydrogens is 463 g/mol. The van der Waals surface area contributed by atoms with E-state index in [1.54, 1.807) is 19.1 Å². The van der Waals surface area contributed by atoms with Gasteiger partial charge in [-0.2, -0.15) is 0 Å². The number of anilines is 1. The summed E-state index contributed by atoms with van der Waals surface area (Å²) >= 11 is 6.31. The molecule has 0 aliphatic carbocycles. The second kappa shape index (κ2) is 7.89. The van der Waals surface area contributed by atoms with Crippen molar-refractivity contribution in [2.75, 3.05) is 5.32 Å². The zero-order chi connectivity index (χ0) is 24.4. The number of nitrogens with zero attached hydrogens (tertiary/aromatic N) is 1. The molecule has 3 aliphatic rings. The van der Waals surface area contributed by atoms with E-state index < -0.39 is 52.9 Å². The van der Waals surface area contributed by atoms with Crippen LogP contribution >= 0.6 is 11.6 Å². The first-order valence-electron chi connectivity index (χ1n) is 10.9. The Balaban J connectivity index is 1.60. The molecule has 0 unspecified atom stereocenters. The minimum absolute atomic E-state index is 0.0144. The number of hydrogen-bond acceptors (Lipinski definition) is 5. The van der Waals surface area contributed by atoms with Crippen molar-refractivity contribution in [2.45, 2.75) is 37.9 Å². The molecule has 4 N–H and O–H groups in total. The largest absolute Gasteiger partial charge is 0.370 e. The lowest BCUT2D eigenvalue weighted by atomic mass is 9.76. The number of nitrogens with one attached hydrogen (secondary N) is 2. The molecule has 0 saturated carbocycles. The van der Waals surface area contributed by atoms with Crippen LogP contribution in [-0.2, 0) is 31.3 Å². The molecule has 8 nitrogen and oxygen atoms in total. The normalized spacial score (nSPS) is 27.3. The summed E-state index contributed by atoms with van der Waals surface area (Å²) in [5.74, 6) is -4.28. The van der Waals surface area contributed by atoms with Crippen LogP contribution in [0.1, 0.15) is 29.5 Å². The van der Waals surface area contributed by atoms with E-state index >= 15 is 0 Å². The first-order valence-corrected chi connectivity index (χ1v) is 11.3. The topological polar surface area (TPSA) is 122 Å². The summed E-state index contributed by atoms with van der Waals surface area (Å²) in [6.07, 6.45) is 0.170. The third-order valence-corrected chi connectivity index (χ3v) is 7.25. The maximum Gasteiger partial charge on any atom is 0.250 e. The van der Waals surface area contributed by atoms with Crippen LogP contribution in [0.25, 0.3) is 0 Å². The molecule has 4 amide bonds. The number of imide groups is 1. The van der Waals surface area contributed by atoms with Gasteiger partial charge >= 0.3 is 0 Å². The molecule has 2 aromatic carbocycles. The fourth-order valence-electron chi connectivity index (χ4n) is 5.57. The lowest BCUT2D eigenvalue weighted by Gasteiger charge is -2.29. The first-order chi connectivity index (χ1) is 16.1. The average Bonchev–Trinajstić information content (AvgIpc) is 3.35. The Kier molecular flexibility index (Phi) is 5.22. The van der Waals surface area contributed by atoms with Gasteiger partial charge in [0.15, 0.2) is 0 Å². The SMILES string of the molecule is Cc1cc(Cl)cc2c1NC(=O)[C@]21N[C@H](CCC(N)=O)[C@H]2C(=O)N(Cc3ccc(F)cc3)C(=O)[C@H]21. The number of hydrogen-bond donors (Lipinski definition) is 3. The highest BCUT2D eigenvalue weighted by Gasteiger charge is 2.70. The number of aryl methyl sites for hydroxylation is 1. The van der Waals surface area contributed by atoms with Crippen LogP contribution in [-0.4, -0.2) is 34.6 Å². The second-order valence-electron chi connectivity index (χ2n) is 9.06. The van der Waals surface area contributed by atoms with E-state index in [0.29, 0.717) is 21.8 Å². The molecule has 3 heterocycles. The molecule has 0 radical (unpaired) electrons. The van der Waals surface area contributed by atoms with Gasteiger partial charge in [-0.15, -0.1) is 0 Å². The van der Waals surface area contributed by atoms with Gasteiger partial charge in [-0.3, -0.25) is 29.4 Å². The van der Waals surface area contributed by atoms with Crippen molar-refractivity contribution >= 4 is 40.9 Å². The van der Waals surface area contributed by atoms with E-state index in [1.165, 1.54) is 24.3 Å².